The molecule has 2 saturated heterocycles. The number of halogens is 1. The van der Waals surface area contributed by atoms with Crippen LogP contribution >= 0.6 is 0 Å². The Kier molecular flexibility index (Phi) is 27.1. The third kappa shape index (κ3) is 20.9. The van der Waals surface area contributed by atoms with E-state index in [-0.39, 0.29) is 59.6 Å². The van der Waals surface area contributed by atoms with Crippen molar-refractivity contribution >= 4 is 52.9 Å². The average Bonchev–Trinajstić information content (AvgIpc) is 4.08. The number of hydrogen-bond donors (Lipinski definition) is 9. The van der Waals surface area contributed by atoms with E-state index in [0.717, 1.165) is 37.7 Å². The van der Waals surface area contributed by atoms with Crippen LogP contribution in [0.15, 0.2) is 78.5 Å². The number of allylic oxidation sites excluding steroid dienone is 2. The summed E-state index contributed by atoms with van der Waals surface area (Å²) in [6.45, 7) is 18.5. The maximum atomic E-state index is 13.1. The SMILES string of the molecule is C=C/C=C(\C=C(\CNC(=O)C(CCCCN)C(C)C)C(C)CC)C(=O)NC(C)C(=O)N1CCCC1NO.CC(=O)C(Cc1ccc(OS(=O)(=O)F)cc1)NCc1cc(C(=O)NC(C)C(=O)N2CCCC2B(O)O)ccn1. The van der Waals surface area contributed by atoms with E-state index < -0.39 is 65.6 Å². The Hall–Kier alpha value is -5.89. The topological polar surface area (TPSA) is 312 Å². The lowest BCUT2D eigenvalue weighted by molar-refractivity contribution is -0.138. The van der Waals surface area contributed by atoms with Crippen molar-refractivity contribution in [2.45, 2.75) is 143 Å². The summed E-state index contributed by atoms with van der Waals surface area (Å²) in [7, 11) is -6.79. The second-order valence-electron chi connectivity index (χ2n) is 19.5. The van der Waals surface area contributed by atoms with E-state index in [1.807, 2.05) is 0 Å². The largest absolute Gasteiger partial charge is 0.488 e. The van der Waals surface area contributed by atoms with Crippen LogP contribution < -0.4 is 36.7 Å². The highest BCUT2D eigenvalue weighted by Gasteiger charge is 2.39. The van der Waals surface area contributed by atoms with Crippen LogP contribution in [0.25, 0.3) is 0 Å². The molecule has 0 saturated carbocycles. The van der Waals surface area contributed by atoms with Crippen LogP contribution in [0.4, 0.5) is 3.89 Å². The highest BCUT2D eigenvalue weighted by molar-refractivity contribution is 7.81. The van der Waals surface area contributed by atoms with Gasteiger partial charge in [0.25, 0.3) is 11.8 Å². The van der Waals surface area contributed by atoms with Crippen molar-refractivity contribution in [2.75, 3.05) is 26.2 Å². The Bertz CT molecular complexity index is 2450. The van der Waals surface area contributed by atoms with Crippen molar-refractivity contribution in [3.63, 3.8) is 0 Å². The lowest BCUT2D eigenvalue weighted by atomic mass is 9.78. The summed E-state index contributed by atoms with van der Waals surface area (Å²) in [5, 5.41) is 39.9. The highest BCUT2D eigenvalue weighted by atomic mass is 32.3. The standard InChI is InChI=1S/C28H49N5O4.C24H30BFN4O8S/c1-7-12-22(26(34)31-21(6)28(36)33-16-11-14-25(33)32-37)17-23(20(5)8-2)18-30-27(35)24(19(3)4)13-9-10-15-29;1-15(24(33)30-11-3-4-22(30)25(34)35)29-23(32)18-9-10-27-19(13-18)14-28-21(16(2)31)12-17-5-7-20(8-6-17)38-39(26,36)37/h7,12,17,19-21,24-25,32,37H,1,8-11,13-16,18,29H2,2-6H3,(H,30,35)(H,31,34);5-10,13,15,21-22,28,34-35H,3-4,11-12,14H2,1-2H3,(H,29,32)/b22-12+,23-17-;. The number of unbranched alkanes of at least 4 members (excludes halogenated alkanes) is 1. The third-order valence-electron chi connectivity index (χ3n) is 13.4. The van der Waals surface area contributed by atoms with Gasteiger partial charge in [0.05, 0.1) is 17.7 Å². The molecule has 2 fully saturated rings. The fourth-order valence-corrected chi connectivity index (χ4v) is 9.14. The molecule has 1 aromatic carbocycles. The van der Waals surface area contributed by atoms with Crippen LogP contribution in [0.5, 0.6) is 5.75 Å². The number of hydroxylamine groups is 1. The normalized spacial score (nSPS) is 17.9. The number of carbonyl (C=O) groups is 6. The maximum Gasteiger partial charge on any atom is 0.488 e. The molecule has 7 atom stereocenters. The van der Waals surface area contributed by atoms with Crippen molar-refractivity contribution in [3.05, 3.63) is 95.4 Å². The molecule has 0 bridgehead atoms. The quantitative estimate of drug-likeness (QED) is 0.0148. The zero-order valence-electron chi connectivity index (χ0n) is 44.8. The summed E-state index contributed by atoms with van der Waals surface area (Å²) >= 11 is 0. The predicted molar refractivity (Wildman–Crippen MR) is 286 cm³/mol. The predicted octanol–water partition coefficient (Wildman–Crippen LogP) is 3.11. The Morgan fingerprint density at radius 1 is 0.961 bits per heavy atom. The van der Waals surface area contributed by atoms with Crippen LogP contribution in [0.2, 0.25) is 0 Å². The van der Waals surface area contributed by atoms with Crippen molar-refractivity contribution in [1.82, 2.24) is 41.5 Å². The number of Topliss-reactive ketones (excluding diaryl/α,β-unsaturated/α-hetero) is 1. The van der Waals surface area contributed by atoms with Gasteiger partial charge in [0.2, 0.25) is 17.7 Å². The molecule has 21 nitrogen and oxygen atoms in total. The number of hydrogen-bond acceptors (Lipinski definition) is 16. The molecular formula is C52H79BFN9O12S. The monoisotopic (exact) mass is 1080 g/mol. The number of benzene rings is 1. The number of nitrogens with two attached hydrogens (primary N) is 1. The van der Waals surface area contributed by atoms with Crippen LogP contribution in [0.3, 0.4) is 0 Å². The van der Waals surface area contributed by atoms with E-state index in [9.17, 15) is 56.3 Å². The molecule has 4 rings (SSSR count). The van der Waals surface area contributed by atoms with E-state index >= 15 is 0 Å². The van der Waals surface area contributed by atoms with Gasteiger partial charge >= 0.3 is 17.6 Å². The van der Waals surface area contributed by atoms with E-state index in [0.29, 0.717) is 62.3 Å². The first-order valence-corrected chi connectivity index (χ1v) is 27.2. The van der Waals surface area contributed by atoms with Crippen LogP contribution in [0.1, 0.15) is 121 Å². The van der Waals surface area contributed by atoms with Gasteiger partial charge in [-0.15, -0.1) is 0 Å². The van der Waals surface area contributed by atoms with Gasteiger partial charge < -0.3 is 56.2 Å². The van der Waals surface area contributed by atoms with Crippen LogP contribution in [-0.4, -0.2) is 137 Å². The molecule has 0 radical (unpaired) electrons. The Morgan fingerprint density at radius 3 is 2.20 bits per heavy atom. The number of amides is 5. The molecule has 1 aromatic heterocycles. The second-order valence-corrected chi connectivity index (χ2v) is 20.5. The number of nitrogens with zero attached hydrogens (tertiary/aromatic N) is 3. The zero-order valence-corrected chi connectivity index (χ0v) is 45.6. The second kappa shape index (κ2) is 32.0. The molecule has 5 amide bonds. The van der Waals surface area contributed by atoms with Crippen molar-refractivity contribution < 1.29 is 60.5 Å². The van der Waals surface area contributed by atoms with E-state index in [2.05, 4.69) is 70.2 Å². The van der Waals surface area contributed by atoms with Crippen molar-refractivity contribution in [3.8, 4) is 5.75 Å². The highest BCUT2D eigenvalue weighted by Crippen LogP contribution is 2.23. The summed E-state index contributed by atoms with van der Waals surface area (Å²) in [6.07, 6.45) is 12.1. The number of nitrogens with one attached hydrogen (secondary N) is 5. The number of aromatic nitrogens is 1. The van der Waals surface area contributed by atoms with Crippen molar-refractivity contribution in [1.29, 1.82) is 0 Å². The summed E-state index contributed by atoms with van der Waals surface area (Å²) < 4.78 is 38.0. The molecule has 0 spiro atoms. The zero-order chi connectivity index (χ0) is 56.7. The van der Waals surface area contributed by atoms with E-state index in [1.54, 1.807) is 19.1 Å². The summed E-state index contributed by atoms with van der Waals surface area (Å²) in [4.78, 5) is 83.8. The number of carbonyl (C=O) groups excluding carboxylic acids is 6. The molecule has 2 aliphatic heterocycles. The molecular weight excluding hydrogens is 1000 g/mol. The first-order valence-electron chi connectivity index (χ1n) is 25.9. The smallest absolute Gasteiger partial charge is 0.426 e. The molecule has 2 aromatic rings. The van der Waals surface area contributed by atoms with Gasteiger partial charge in [-0.2, -0.15) is 13.9 Å². The van der Waals surface area contributed by atoms with Gasteiger partial charge in [0.1, 0.15) is 29.8 Å². The molecule has 10 N–H and O–H groups in total. The Labute approximate surface area is 447 Å². The van der Waals surface area contributed by atoms with Gasteiger partial charge in [0, 0.05) is 49.4 Å². The Morgan fingerprint density at radius 2 is 1.61 bits per heavy atom. The number of ketones is 1. The molecule has 76 heavy (non-hydrogen) atoms. The Balaban J connectivity index is 0.000000401. The van der Waals surface area contributed by atoms with Gasteiger partial charge in [-0.25, -0.2) is 0 Å². The van der Waals surface area contributed by atoms with E-state index in [1.165, 1.54) is 72.3 Å². The summed E-state index contributed by atoms with van der Waals surface area (Å²) in [5.41, 5.74) is 10.4. The fraction of sp³-hybridized carbons (Fsp3) is 0.558. The third-order valence-corrected chi connectivity index (χ3v) is 13.8. The number of likely N-dealkylation sites (tertiary alicyclic amines) is 2. The van der Waals surface area contributed by atoms with Gasteiger partial charge in [0.15, 0.2) is 0 Å². The minimum Gasteiger partial charge on any atom is -0.426 e. The summed E-state index contributed by atoms with van der Waals surface area (Å²) in [6, 6.07) is 6.28. The number of rotatable bonds is 28. The maximum absolute atomic E-state index is 13.1. The lowest BCUT2D eigenvalue weighted by Gasteiger charge is -2.27. The molecule has 7 unspecified atom stereocenters. The molecule has 0 aliphatic carbocycles. The average molecular weight is 1080 g/mol. The minimum atomic E-state index is -5.13. The van der Waals surface area contributed by atoms with Crippen molar-refractivity contribution in [2.24, 2.45) is 23.5 Å². The van der Waals surface area contributed by atoms with Gasteiger partial charge in [-0.1, -0.05) is 68.9 Å². The first kappa shape index (κ1) is 64.4. The minimum absolute atomic E-state index is 0.0109. The van der Waals surface area contributed by atoms with Gasteiger partial charge in [-0.3, -0.25) is 33.8 Å². The molecule has 2 aliphatic rings. The van der Waals surface area contributed by atoms with Gasteiger partial charge in [-0.05, 0) is 132 Å². The molecule has 3 heterocycles. The van der Waals surface area contributed by atoms with Crippen LogP contribution in [-0.2, 0) is 47.4 Å². The molecule has 420 valence electrons. The first-order chi connectivity index (χ1) is 35.9. The lowest BCUT2D eigenvalue weighted by Crippen LogP contribution is -2.52. The summed E-state index contributed by atoms with van der Waals surface area (Å²) in [5.74, 6) is -2.39. The van der Waals surface area contributed by atoms with E-state index in [4.69, 9.17) is 5.73 Å². The van der Waals surface area contributed by atoms with Crippen LogP contribution in [0, 0.1) is 17.8 Å². The fourth-order valence-electron chi connectivity index (χ4n) is 8.80. The molecule has 24 heteroatoms. The number of pyridine rings is 1.